The molecule has 1 aromatic carbocycles. The van der Waals surface area contributed by atoms with Crippen molar-refractivity contribution >= 4 is 6.29 Å². The molecule has 0 fully saturated rings. The van der Waals surface area contributed by atoms with E-state index in [2.05, 4.69) is 21.9 Å². The first-order chi connectivity index (χ1) is 8.31. The van der Waals surface area contributed by atoms with Gasteiger partial charge < -0.3 is 4.74 Å². The summed E-state index contributed by atoms with van der Waals surface area (Å²) in [4.78, 5) is 13.4. The van der Waals surface area contributed by atoms with Crippen LogP contribution in [0.4, 0.5) is 0 Å². The van der Waals surface area contributed by atoms with Crippen LogP contribution in [-0.2, 0) is 0 Å². The third-order valence-corrected chi connectivity index (χ3v) is 2.01. The van der Waals surface area contributed by atoms with Crippen LogP contribution < -0.4 is 4.74 Å². The Morgan fingerprint density at radius 1 is 1.59 bits per heavy atom. The van der Waals surface area contributed by atoms with E-state index in [0.29, 0.717) is 29.8 Å². The molecule has 0 saturated carbocycles. The first-order valence-corrected chi connectivity index (χ1v) is 4.94. The van der Waals surface area contributed by atoms with Crippen LogP contribution in [0.15, 0.2) is 23.3 Å². The summed E-state index contributed by atoms with van der Waals surface area (Å²) in [5.41, 5.74) is 9.21. The molecule has 0 aliphatic heterocycles. The maximum Gasteiger partial charge on any atom is 0.151 e. The SMILES string of the molecule is COc1ccc(C=O)c(C#CCCN=[N+]=[N-])c1. The van der Waals surface area contributed by atoms with Crippen LogP contribution in [0.5, 0.6) is 5.75 Å². The molecule has 86 valence electrons. The topological polar surface area (TPSA) is 75.1 Å². The minimum absolute atomic E-state index is 0.323. The standard InChI is InChI=1S/C12H11N3O2/c1-17-12-6-5-11(9-16)10(8-12)4-2-3-7-14-15-13/h5-6,8-9H,3,7H2,1H3. The van der Waals surface area contributed by atoms with Crippen molar-refractivity contribution in [2.45, 2.75) is 6.42 Å². The number of carbonyl (C=O) groups excluding carboxylic acids is 1. The van der Waals surface area contributed by atoms with Crippen molar-refractivity contribution < 1.29 is 9.53 Å². The molecular weight excluding hydrogens is 218 g/mol. The second-order valence-corrected chi connectivity index (χ2v) is 3.08. The summed E-state index contributed by atoms with van der Waals surface area (Å²) in [7, 11) is 1.55. The zero-order valence-electron chi connectivity index (χ0n) is 9.38. The van der Waals surface area contributed by atoms with Crippen LogP contribution in [0.25, 0.3) is 10.4 Å². The largest absolute Gasteiger partial charge is 0.497 e. The summed E-state index contributed by atoms with van der Waals surface area (Å²) in [6, 6.07) is 5.06. The van der Waals surface area contributed by atoms with E-state index in [-0.39, 0.29) is 0 Å². The highest BCUT2D eigenvalue weighted by atomic mass is 16.5. The van der Waals surface area contributed by atoms with Crippen LogP contribution in [0.1, 0.15) is 22.3 Å². The van der Waals surface area contributed by atoms with Gasteiger partial charge in [-0.2, -0.15) is 0 Å². The van der Waals surface area contributed by atoms with E-state index < -0.39 is 0 Å². The Kier molecular flexibility index (Phi) is 5.15. The Morgan fingerprint density at radius 2 is 2.41 bits per heavy atom. The molecule has 0 amide bonds. The molecule has 1 aromatic rings. The third kappa shape index (κ3) is 3.90. The number of nitrogens with zero attached hydrogens (tertiary/aromatic N) is 3. The van der Waals surface area contributed by atoms with Crippen molar-refractivity contribution in [3.05, 3.63) is 39.8 Å². The maximum absolute atomic E-state index is 10.8. The van der Waals surface area contributed by atoms with Gasteiger partial charge in [0, 0.05) is 29.0 Å². The van der Waals surface area contributed by atoms with Crippen LogP contribution >= 0.6 is 0 Å². The lowest BCUT2D eigenvalue weighted by atomic mass is 10.1. The highest BCUT2D eigenvalue weighted by Crippen LogP contribution is 2.15. The fourth-order valence-electron chi connectivity index (χ4n) is 1.18. The molecule has 1 rings (SSSR count). The first kappa shape index (κ1) is 12.6. The normalized spacial score (nSPS) is 8.53. The van der Waals surface area contributed by atoms with Crippen molar-refractivity contribution in [3.63, 3.8) is 0 Å². The predicted octanol–water partition coefficient (Wildman–Crippen LogP) is 2.56. The van der Waals surface area contributed by atoms with Gasteiger partial charge in [0.1, 0.15) is 5.75 Å². The summed E-state index contributed by atoms with van der Waals surface area (Å²) >= 11 is 0. The van der Waals surface area contributed by atoms with Crippen molar-refractivity contribution in [1.82, 2.24) is 0 Å². The highest BCUT2D eigenvalue weighted by molar-refractivity contribution is 5.79. The van der Waals surface area contributed by atoms with Gasteiger partial charge in [-0.1, -0.05) is 17.0 Å². The number of carbonyl (C=O) groups is 1. The van der Waals surface area contributed by atoms with E-state index in [1.54, 1.807) is 25.3 Å². The number of methoxy groups -OCH3 is 1. The molecule has 0 atom stereocenters. The van der Waals surface area contributed by atoms with E-state index in [4.69, 9.17) is 10.3 Å². The van der Waals surface area contributed by atoms with E-state index >= 15 is 0 Å². The lowest BCUT2D eigenvalue weighted by molar-refractivity contribution is 0.112. The second kappa shape index (κ2) is 6.94. The molecule has 0 aliphatic rings. The van der Waals surface area contributed by atoms with E-state index in [1.165, 1.54) is 0 Å². The molecule has 0 unspecified atom stereocenters. The third-order valence-electron chi connectivity index (χ3n) is 2.01. The molecule has 0 aliphatic carbocycles. The average Bonchev–Trinajstić information content (AvgIpc) is 2.38. The van der Waals surface area contributed by atoms with Gasteiger partial charge in [-0.15, -0.1) is 0 Å². The monoisotopic (exact) mass is 229 g/mol. The highest BCUT2D eigenvalue weighted by Gasteiger charge is 2.00. The number of hydrogen-bond acceptors (Lipinski definition) is 3. The van der Waals surface area contributed by atoms with Gasteiger partial charge in [-0.3, -0.25) is 4.79 Å². The Hall–Kier alpha value is -2.44. The predicted molar refractivity (Wildman–Crippen MR) is 63.9 cm³/mol. The summed E-state index contributed by atoms with van der Waals surface area (Å²) in [6.07, 6.45) is 1.20. The molecule has 17 heavy (non-hydrogen) atoms. The molecule has 5 nitrogen and oxygen atoms in total. The van der Waals surface area contributed by atoms with Crippen LogP contribution in [0.2, 0.25) is 0 Å². The molecule has 0 saturated heterocycles. The Bertz CT molecular complexity index is 508. The van der Waals surface area contributed by atoms with Crippen LogP contribution in [-0.4, -0.2) is 19.9 Å². The first-order valence-electron chi connectivity index (χ1n) is 4.94. The molecule has 5 heteroatoms. The van der Waals surface area contributed by atoms with E-state index in [9.17, 15) is 4.79 Å². The molecular formula is C12H11N3O2. The van der Waals surface area contributed by atoms with Crippen molar-refractivity contribution in [2.24, 2.45) is 5.11 Å². The van der Waals surface area contributed by atoms with Crippen molar-refractivity contribution in [1.29, 1.82) is 0 Å². The van der Waals surface area contributed by atoms with Crippen molar-refractivity contribution in [2.75, 3.05) is 13.7 Å². The number of hydrogen-bond donors (Lipinski definition) is 0. The van der Waals surface area contributed by atoms with Gasteiger partial charge in [0.15, 0.2) is 6.29 Å². The average molecular weight is 229 g/mol. The number of ether oxygens (including phenoxy) is 1. The van der Waals surface area contributed by atoms with Crippen molar-refractivity contribution in [3.8, 4) is 17.6 Å². The molecule has 0 spiro atoms. The van der Waals surface area contributed by atoms with Gasteiger partial charge in [-0.05, 0) is 23.7 Å². The quantitative estimate of drug-likeness (QED) is 0.199. The number of rotatable bonds is 4. The Morgan fingerprint density at radius 3 is 3.06 bits per heavy atom. The summed E-state index contributed by atoms with van der Waals surface area (Å²) < 4.78 is 5.05. The number of aldehydes is 1. The molecule has 0 heterocycles. The molecule has 0 aromatic heterocycles. The summed E-state index contributed by atoms with van der Waals surface area (Å²) in [5, 5.41) is 3.36. The number of azide groups is 1. The van der Waals surface area contributed by atoms with Gasteiger partial charge in [-0.25, -0.2) is 0 Å². The van der Waals surface area contributed by atoms with E-state index in [1.807, 2.05) is 0 Å². The van der Waals surface area contributed by atoms with Crippen LogP contribution in [0, 0.1) is 11.8 Å². The smallest absolute Gasteiger partial charge is 0.151 e. The summed E-state index contributed by atoms with van der Waals surface area (Å²) in [6.45, 7) is 0.323. The maximum atomic E-state index is 10.8. The minimum atomic E-state index is 0.323. The van der Waals surface area contributed by atoms with Gasteiger partial charge >= 0.3 is 0 Å². The lowest BCUT2D eigenvalue weighted by Crippen LogP contribution is -1.90. The van der Waals surface area contributed by atoms with Gasteiger partial charge in [0.2, 0.25) is 0 Å². The zero-order chi connectivity index (χ0) is 12.5. The fourth-order valence-corrected chi connectivity index (χ4v) is 1.18. The number of benzene rings is 1. The van der Waals surface area contributed by atoms with Crippen LogP contribution in [0.3, 0.4) is 0 Å². The lowest BCUT2D eigenvalue weighted by Gasteiger charge is -2.01. The molecule has 0 radical (unpaired) electrons. The zero-order valence-corrected chi connectivity index (χ0v) is 9.38. The second-order valence-electron chi connectivity index (χ2n) is 3.08. The molecule has 0 N–H and O–H groups in total. The van der Waals surface area contributed by atoms with Gasteiger partial charge in [0.25, 0.3) is 0 Å². The molecule has 0 bridgehead atoms. The van der Waals surface area contributed by atoms with E-state index in [0.717, 1.165) is 6.29 Å². The Labute approximate surface area is 99.0 Å². The minimum Gasteiger partial charge on any atom is -0.497 e. The fraction of sp³-hybridized carbons (Fsp3) is 0.250. The van der Waals surface area contributed by atoms with Gasteiger partial charge in [0.05, 0.1) is 7.11 Å². The summed E-state index contributed by atoms with van der Waals surface area (Å²) in [5.74, 6) is 6.33. The Balaban J connectivity index is 2.86.